The Bertz CT molecular complexity index is 203. The average molecular weight is 168 g/mol. The summed E-state index contributed by atoms with van der Waals surface area (Å²) in [6.45, 7) is 1.22. The first-order valence-electron chi connectivity index (χ1n) is 4.71. The standard InChI is InChI=1S/C9H16N2O/c1-11-5-4-7-2-3-8(10-12)6-9(7)11/h7,9,12H,2-6H2,1H3/b10-8+. The summed E-state index contributed by atoms with van der Waals surface area (Å²) in [5.41, 5.74) is 0.991. The molecule has 1 aliphatic heterocycles. The number of likely N-dealkylation sites (tertiary alicyclic amines) is 1. The van der Waals surface area contributed by atoms with E-state index in [4.69, 9.17) is 5.21 Å². The molecule has 2 unspecified atom stereocenters. The number of nitrogens with zero attached hydrogens (tertiary/aromatic N) is 2. The van der Waals surface area contributed by atoms with Crippen LogP contribution in [0.3, 0.4) is 0 Å². The summed E-state index contributed by atoms with van der Waals surface area (Å²) in [5.74, 6) is 0.862. The van der Waals surface area contributed by atoms with E-state index in [-0.39, 0.29) is 0 Å². The van der Waals surface area contributed by atoms with Crippen LogP contribution in [-0.4, -0.2) is 35.5 Å². The fourth-order valence-corrected chi connectivity index (χ4v) is 2.53. The van der Waals surface area contributed by atoms with Crippen LogP contribution >= 0.6 is 0 Å². The van der Waals surface area contributed by atoms with Gasteiger partial charge in [-0.05, 0) is 38.8 Å². The van der Waals surface area contributed by atoms with Crippen molar-refractivity contribution in [2.24, 2.45) is 11.1 Å². The van der Waals surface area contributed by atoms with Crippen molar-refractivity contribution in [1.29, 1.82) is 0 Å². The molecule has 0 amide bonds. The number of oxime groups is 1. The second kappa shape index (κ2) is 3.05. The van der Waals surface area contributed by atoms with Crippen LogP contribution in [0.4, 0.5) is 0 Å². The molecule has 12 heavy (non-hydrogen) atoms. The highest BCUT2D eigenvalue weighted by Crippen LogP contribution is 2.33. The van der Waals surface area contributed by atoms with Gasteiger partial charge in [0, 0.05) is 12.5 Å². The van der Waals surface area contributed by atoms with Gasteiger partial charge in [0.25, 0.3) is 0 Å². The van der Waals surface area contributed by atoms with E-state index in [1.807, 2.05) is 0 Å². The predicted molar refractivity (Wildman–Crippen MR) is 47.6 cm³/mol. The maximum Gasteiger partial charge on any atom is 0.0586 e. The zero-order valence-corrected chi connectivity index (χ0v) is 7.53. The fourth-order valence-electron chi connectivity index (χ4n) is 2.53. The van der Waals surface area contributed by atoms with Crippen molar-refractivity contribution in [3.8, 4) is 0 Å². The van der Waals surface area contributed by atoms with Crippen molar-refractivity contribution in [2.75, 3.05) is 13.6 Å². The molecule has 1 aliphatic carbocycles. The van der Waals surface area contributed by atoms with E-state index in [2.05, 4.69) is 17.1 Å². The molecule has 1 heterocycles. The zero-order chi connectivity index (χ0) is 8.55. The Morgan fingerprint density at radius 1 is 1.50 bits per heavy atom. The van der Waals surface area contributed by atoms with E-state index in [0.29, 0.717) is 6.04 Å². The van der Waals surface area contributed by atoms with Gasteiger partial charge >= 0.3 is 0 Å². The van der Waals surface area contributed by atoms with Crippen molar-refractivity contribution >= 4 is 5.71 Å². The van der Waals surface area contributed by atoms with Crippen LogP contribution in [0.1, 0.15) is 25.7 Å². The van der Waals surface area contributed by atoms with Gasteiger partial charge < -0.3 is 10.1 Å². The molecule has 1 N–H and O–H groups in total. The average Bonchev–Trinajstić information content (AvgIpc) is 2.47. The molecule has 0 aromatic rings. The Balaban J connectivity index is 2.06. The van der Waals surface area contributed by atoms with E-state index in [1.54, 1.807) is 0 Å². The number of fused-ring (bicyclic) bond motifs is 1. The molecule has 2 atom stereocenters. The fraction of sp³-hybridized carbons (Fsp3) is 0.889. The van der Waals surface area contributed by atoms with Crippen molar-refractivity contribution in [3.63, 3.8) is 0 Å². The lowest BCUT2D eigenvalue weighted by atomic mass is 9.84. The van der Waals surface area contributed by atoms with Crippen molar-refractivity contribution in [1.82, 2.24) is 4.90 Å². The van der Waals surface area contributed by atoms with Gasteiger partial charge in [0.2, 0.25) is 0 Å². The molecule has 2 fully saturated rings. The molecule has 68 valence electrons. The van der Waals surface area contributed by atoms with Crippen LogP contribution in [0.2, 0.25) is 0 Å². The van der Waals surface area contributed by atoms with Crippen molar-refractivity contribution in [3.05, 3.63) is 0 Å². The highest BCUT2D eigenvalue weighted by atomic mass is 16.4. The summed E-state index contributed by atoms with van der Waals surface area (Å²) < 4.78 is 0. The minimum atomic E-state index is 0.657. The molecule has 3 nitrogen and oxygen atoms in total. The van der Waals surface area contributed by atoms with E-state index in [9.17, 15) is 0 Å². The highest BCUT2D eigenvalue weighted by Gasteiger charge is 2.35. The van der Waals surface area contributed by atoms with Crippen LogP contribution in [0.25, 0.3) is 0 Å². The predicted octanol–water partition coefficient (Wildman–Crippen LogP) is 1.32. The van der Waals surface area contributed by atoms with Crippen LogP contribution < -0.4 is 0 Å². The van der Waals surface area contributed by atoms with E-state index in [0.717, 1.165) is 24.5 Å². The van der Waals surface area contributed by atoms with Crippen LogP contribution in [0.5, 0.6) is 0 Å². The summed E-state index contributed by atoms with van der Waals surface area (Å²) in [4.78, 5) is 2.40. The monoisotopic (exact) mass is 168 g/mol. The number of hydrogen-bond donors (Lipinski definition) is 1. The first kappa shape index (κ1) is 8.05. The largest absolute Gasteiger partial charge is 0.411 e. The normalized spacial score (nSPS) is 40.2. The maximum absolute atomic E-state index is 8.67. The topological polar surface area (TPSA) is 35.8 Å². The number of rotatable bonds is 0. The minimum Gasteiger partial charge on any atom is -0.411 e. The first-order valence-corrected chi connectivity index (χ1v) is 4.71. The quantitative estimate of drug-likeness (QED) is 0.437. The lowest BCUT2D eigenvalue weighted by Crippen LogP contribution is -2.35. The Kier molecular flexibility index (Phi) is 2.05. The Hall–Kier alpha value is -0.570. The van der Waals surface area contributed by atoms with E-state index >= 15 is 0 Å². The van der Waals surface area contributed by atoms with E-state index < -0.39 is 0 Å². The minimum absolute atomic E-state index is 0.657. The molecule has 1 saturated carbocycles. The molecule has 3 heteroatoms. The van der Waals surface area contributed by atoms with Gasteiger partial charge in [-0.1, -0.05) is 5.16 Å². The summed E-state index contributed by atoms with van der Waals surface area (Å²) in [5, 5.41) is 12.0. The third kappa shape index (κ3) is 1.22. The smallest absolute Gasteiger partial charge is 0.0586 e. The lowest BCUT2D eigenvalue weighted by Gasteiger charge is -2.29. The first-order chi connectivity index (χ1) is 5.81. The van der Waals surface area contributed by atoms with Crippen LogP contribution in [0, 0.1) is 5.92 Å². The van der Waals surface area contributed by atoms with E-state index in [1.165, 1.54) is 19.4 Å². The van der Waals surface area contributed by atoms with Crippen molar-refractivity contribution in [2.45, 2.75) is 31.7 Å². The Labute approximate surface area is 73.1 Å². The molecule has 0 aromatic carbocycles. The summed E-state index contributed by atoms with van der Waals surface area (Å²) in [7, 11) is 2.17. The summed E-state index contributed by atoms with van der Waals surface area (Å²) in [6.07, 6.45) is 4.54. The molecule has 0 spiro atoms. The second-order valence-electron chi connectivity index (χ2n) is 4.01. The molecule has 0 bridgehead atoms. The lowest BCUT2D eigenvalue weighted by molar-refractivity contribution is 0.251. The van der Waals surface area contributed by atoms with Gasteiger partial charge in [-0.3, -0.25) is 0 Å². The zero-order valence-electron chi connectivity index (χ0n) is 7.53. The second-order valence-corrected chi connectivity index (χ2v) is 4.01. The van der Waals surface area contributed by atoms with Gasteiger partial charge in [0.05, 0.1) is 5.71 Å². The maximum atomic E-state index is 8.67. The summed E-state index contributed by atoms with van der Waals surface area (Å²) in [6, 6.07) is 0.657. The number of hydrogen-bond acceptors (Lipinski definition) is 3. The molecule has 2 rings (SSSR count). The molecule has 2 aliphatic rings. The molecule has 1 saturated heterocycles. The molecule has 0 radical (unpaired) electrons. The summed E-state index contributed by atoms with van der Waals surface area (Å²) >= 11 is 0. The van der Waals surface area contributed by atoms with Crippen molar-refractivity contribution < 1.29 is 5.21 Å². The van der Waals surface area contributed by atoms with Gasteiger partial charge in [-0.15, -0.1) is 0 Å². The van der Waals surface area contributed by atoms with Crippen LogP contribution in [0.15, 0.2) is 5.16 Å². The van der Waals surface area contributed by atoms with Gasteiger partial charge in [-0.2, -0.15) is 0 Å². The third-order valence-electron chi connectivity index (χ3n) is 3.35. The van der Waals surface area contributed by atoms with Gasteiger partial charge in [0.15, 0.2) is 0 Å². The SMILES string of the molecule is CN1CCC2CC/C(=N\O)CC21. The third-order valence-corrected chi connectivity index (χ3v) is 3.35. The Morgan fingerprint density at radius 2 is 2.33 bits per heavy atom. The van der Waals surface area contributed by atoms with Crippen LogP contribution in [-0.2, 0) is 0 Å². The molecular formula is C9H16N2O. The van der Waals surface area contributed by atoms with Gasteiger partial charge in [-0.25, -0.2) is 0 Å². The molecule has 0 aromatic heterocycles. The Morgan fingerprint density at radius 3 is 3.08 bits per heavy atom. The van der Waals surface area contributed by atoms with Gasteiger partial charge in [0.1, 0.15) is 0 Å². The molecular weight excluding hydrogens is 152 g/mol. The highest BCUT2D eigenvalue weighted by molar-refractivity contribution is 5.85.